The van der Waals surface area contributed by atoms with Gasteiger partial charge in [0.05, 0.1) is 0 Å². The predicted octanol–water partition coefficient (Wildman–Crippen LogP) is 2.61. The number of hydrogen-bond acceptors (Lipinski definition) is 1. The molecule has 0 bridgehead atoms. The first-order chi connectivity index (χ1) is 6.34. The van der Waals surface area contributed by atoms with Gasteiger partial charge in [0.15, 0.2) is 0 Å². The molecule has 0 atom stereocenters. The van der Waals surface area contributed by atoms with E-state index in [0.717, 1.165) is 12.2 Å². The van der Waals surface area contributed by atoms with Gasteiger partial charge in [-0.15, -0.1) is 0 Å². The quantitative estimate of drug-likeness (QED) is 0.844. The van der Waals surface area contributed by atoms with Crippen molar-refractivity contribution in [3.63, 3.8) is 0 Å². The molecule has 0 saturated carbocycles. The molecule has 0 unspecified atom stereocenters. The lowest BCUT2D eigenvalue weighted by atomic mass is 10.1. The monoisotopic (exact) mass is 284 g/mol. The van der Waals surface area contributed by atoms with Crippen molar-refractivity contribution in [2.45, 2.75) is 6.42 Å². The van der Waals surface area contributed by atoms with Gasteiger partial charge in [0.25, 0.3) is 0 Å². The van der Waals surface area contributed by atoms with Crippen LogP contribution in [-0.2, 0) is 6.42 Å². The molecular formula is C10H9IN2. The molecule has 1 aromatic heterocycles. The molecule has 0 aliphatic carbocycles. The number of nitrogens with zero attached hydrogens (tertiary/aromatic N) is 1. The minimum atomic E-state index is 0.879. The van der Waals surface area contributed by atoms with E-state index in [9.17, 15) is 0 Å². The van der Waals surface area contributed by atoms with E-state index in [0.29, 0.717) is 0 Å². The summed E-state index contributed by atoms with van der Waals surface area (Å²) in [7, 11) is 0. The maximum atomic E-state index is 4.18. The molecule has 1 heterocycles. The van der Waals surface area contributed by atoms with E-state index in [1.165, 1.54) is 9.13 Å². The van der Waals surface area contributed by atoms with E-state index in [-0.39, 0.29) is 0 Å². The fraction of sp³-hybridized carbons (Fsp3) is 0.100. The highest BCUT2D eigenvalue weighted by Gasteiger charge is 1.97. The van der Waals surface area contributed by atoms with E-state index in [1.54, 1.807) is 6.20 Å². The summed E-state index contributed by atoms with van der Waals surface area (Å²) in [6.07, 6.45) is 4.51. The third kappa shape index (κ3) is 2.30. The first-order valence-corrected chi connectivity index (χ1v) is 5.15. The van der Waals surface area contributed by atoms with E-state index in [2.05, 4.69) is 56.8 Å². The van der Waals surface area contributed by atoms with E-state index >= 15 is 0 Å². The number of benzene rings is 1. The maximum Gasteiger partial charge on any atom is 0.110 e. The molecule has 3 heteroatoms. The molecule has 1 aromatic carbocycles. The standard InChI is InChI=1S/C10H9IN2/c11-9-3-1-2-8(6-9)7-10-12-4-5-13-10/h1-6H,7H2,(H,12,13). The van der Waals surface area contributed by atoms with E-state index in [1.807, 2.05) is 6.20 Å². The largest absolute Gasteiger partial charge is 0.348 e. The summed E-state index contributed by atoms with van der Waals surface area (Å²) in [6.45, 7) is 0. The average Bonchev–Trinajstić information content (AvgIpc) is 2.57. The van der Waals surface area contributed by atoms with Gasteiger partial charge >= 0.3 is 0 Å². The molecule has 0 aliphatic heterocycles. The van der Waals surface area contributed by atoms with Gasteiger partial charge in [-0.3, -0.25) is 0 Å². The molecule has 0 fully saturated rings. The topological polar surface area (TPSA) is 28.7 Å². The second-order valence-electron chi connectivity index (χ2n) is 2.84. The van der Waals surface area contributed by atoms with Gasteiger partial charge in [-0.05, 0) is 40.3 Å². The number of hydrogen-bond donors (Lipinski definition) is 1. The first kappa shape index (κ1) is 8.74. The van der Waals surface area contributed by atoms with E-state index in [4.69, 9.17) is 0 Å². The summed E-state index contributed by atoms with van der Waals surface area (Å²) in [5.41, 5.74) is 1.29. The van der Waals surface area contributed by atoms with Crippen molar-refractivity contribution in [3.8, 4) is 0 Å². The molecule has 0 amide bonds. The van der Waals surface area contributed by atoms with Crippen LogP contribution in [0, 0.1) is 3.57 Å². The minimum Gasteiger partial charge on any atom is -0.348 e. The zero-order valence-electron chi connectivity index (χ0n) is 7.00. The third-order valence-corrected chi connectivity index (χ3v) is 2.49. The SMILES string of the molecule is Ic1cccc(Cc2ncc[nH]2)c1. The van der Waals surface area contributed by atoms with Crippen molar-refractivity contribution in [1.29, 1.82) is 0 Å². The lowest BCUT2D eigenvalue weighted by Crippen LogP contribution is -1.90. The Morgan fingerprint density at radius 1 is 1.38 bits per heavy atom. The summed E-state index contributed by atoms with van der Waals surface area (Å²) >= 11 is 2.32. The molecule has 13 heavy (non-hydrogen) atoms. The highest BCUT2D eigenvalue weighted by atomic mass is 127. The summed E-state index contributed by atoms with van der Waals surface area (Å²) in [6, 6.07) is 8.44. The van der Waals surface area contributed by atoms with Crippen LogP contribution in [0.5, 0.6) is 0 Å². The first-order valence-electron chi connectivity index (χ1n) is 4.07. The maximum absolute atomic E-state index is 4.18. The second-order valence-corrected chi connectivity index (χ2v) is 4.09. The highest BCUT2D eigenvalue weighted by Crippen LogP contribution is 2.10. The molecule has 0 radical (unpaired) electrons. The summed E-state index contributed by atoms with van der Waals surface area (Å²) in [5, 5.41) is 0. The zero-order chi connectivity index (χ0) is 9.10. The van der Waals surface area contributed by atoms with Crippen molar-refractivity contribution < 1.29 is 0 Å². The smallest absolute Gasteiger partial charge is 0.110 e. The van der Waals surface area contributed by atoms with Crippen molar-refractivity contribution >= 4 is 22.6 Å². The molecule has 0 spiro atoms. The number of halogens is 1. The number of rotatable bonds is 2. The molecule has 0 saturated heterocycles. The second kappa shape index (κ2) is 3.91. The number of H-pyrrole nitrogens is 1. The van der Waals surface area contributed by atoms with Crippen LogP contribution in [0.4, 0.5) is 0 Å². The number of aromatic amines is 1. The Balaban J connectivity index is 2.19. The van der Waals surface area contributed by atoms with Crippen molar-refractivity contribution in [2.24, 2.45) is 0 Å². The predicted molar refractivity (Wildman–Crippen MR) is 60.6 cm³/mol. The van der Waals surface area contributed by atoms with Crippen LogP contribution in [0.15, 0.2) is 36.7 Å². The van der Waals surface area contributed by atoms with Crippen LogP contribution in [0.3, 0.4) is 0 Å². The number of imidazole rings is 1. The molecule has 2 rings (SSSR count). The minimum absolute atomic E-state index is 0.879. The van der Waals surface area contributed by atoms with Crippen LogP contribution in [0.2, 0.25) is 0 Å². The number of nitrogens with one attached hydrogen (secondary N) is 1. The van der Waals surface area contributed by atoms with Gasteiger partial charge in [-0.2, -0.15) is 0 Å². The van der Waals surface area contributed by atoms with Crippen molar-refractivity contribution in [1.82, 2.24) is 9.97 Å². The molecule has 0 aliphatic rings. The zero-order valence-corrected chi connectivity index (χ0v) is 9.15. The van der Waals surface area contributed by atoms with Crippen LogP contribution >= 0.6 is 22.6 Å². The van der Waals surface area contributed by atoms with Crippen LogP contribution < -0.4 is 0 Å². The molecule has 1 N–H and O–H groups in total. The van der Waals surface area contributed by atoms with Crippen molar-refractivity contribution in [3.05, 3.63) is 51.6 Å². The molecular weight excluding hydrogens is 275 g/mol. The van der Waals surface area contributed by atoms with Crippen LogP contribution in [0.1, 0.15) is 11.4 Å². The Hall–Kier alpha value is -0.840. The lowest BCUT2D eigenvalue weighted by molar-refractivity contribution is 1.02. The summed E-state index contributed by atoms with van der Waals surface area (Å²) in [4.78, 5) is 7.27. The Morgan fingerprint density at radius 2 is 2.31 bits per heavy atom. The third-order valence-electron chi connectivity index (χ3n) is 1.82. The fourth-order valence-corrected chi connectivity index (χ4v) is 1.84. The number of aromatic nitrogens is 2. The van der Waals surface area contributed by atoms with Crippen molar-refractivity contribution in [2.75, 3.05) is 0 Å². The highest BCUT2D eigenvalue weighted by molar-refractivity contribution is 14.1. The van der Waals surface area contributed by atoms with Gasteiger partial charge in [0.1, 0.15) is 5.82 Å². The Bertz CT molecular complexity index is 382. The van der Waals surface area contributed by atoms with Gasteiger partial charge in [-0.25, -0.2) is 4.98 Å². The fourth-order valence-electron chi connectivity index (χ4n) is 1.23. The van der Waals surface area contributed by atoms with Crippen LogP contribution in [-0.4, -0.2) is 9.97 Å². The normalized spacial score (nSPS) is 10.2. The van der Waals surface area contributed by atoms with Gasteiger partial charge < -0.3 is 4.98 Å². The molecule has 66 valence electrons. The average molecular weight is 284 g/mol. The Kier molecular flexibility index (Phi) is 2.63. The summed E-state index contributed by atoms with van der Waals surface area (Å²) < 4.78 is 1.27. The van der Waals surface area contributed by atoms with Gasteiger partial charge in [0.2, 0.25) is 0 Å². The Morgan fingerprint density at radius 3 is 3.00 bits per heavy atom. The lowest BCUT2D eigenvalue weighted by Gasteiger charge is -1.98. The van der Waals surface area contributed by atoms with Crippen LogP contribution in [0.25, 0.3) is 0 Å². The summed E-state index contributed by atoms with van der Waals surface area (Å²) in [5.74, 6) is 1.02. The molecule has 2 aromatic rings. The van der Waals surface area contributed by atoms with Gasteiger partial charge in [-0.1, -0.05) is 12.1 Å². The van der Waals surface area contributed by atoms with Gasteiger partial charge in [0, 0.05) is 22.4 Å². The van der Waals surface area contributed by atoms with E-state index < -0.39 is 0 Å². The Labute approximate surface area is 90.5 Å². The molecule has 2 nitrogen and oxygen atoms in total.